The summed E-state index contributed by atoms with van der Waals surface area (Å²) in [5.74, 6) is 0. The van der Waals surface area contributed by atoms with Crippen molar-refractivity contribution in [1.29, 1.82) is 0 Å². The van der Waals surface area contributed by atoms with Crippen LogP contribution in [0, 0.1) is 0 Å². The van der Waals surface area contributed by atoms with Gasteiger partial charge in [0.1, 0.15) is 5.60 Å². The van der Waals surface area contributed by atoms with Crippen LogP contribution in [0.4, 0.5) is 0 Å². The minimum atomic E-state index is -3.74. The number of sulfone groups is 1. The Morgan fingerprint density at radius 1 is 0.730 bits per heavy atom. The predicted octanol–water partition coefficient (Wildman–Crippen LogP) is 4.99. The van der Waals surface area contributed by atoms with Gasteiger partial charge in [0.2, 0.25) is 0 Å². The molecule has 3 atom stereocenters. The van der Waals surface area contributed by atoms with Gasteiger partial charge in [-0.15, -0.1) is 0 Å². The van der Waals surface area contributed by atoms with Gasteiger partial charge in [0.15, 0.2) is 9.84 Å². The molecule has 1 heterocycles. The zero-order valence-corrected chi connectivity index (χ0v) is 21.2. The van der Waals surface area contributed by atoms with E-state index >= 15 is 0 Å². The van der Waals surface area contributed by atoms with Gasteiger partial charge in [-0.3, -0.25) is 0 Å². The van der Waals surface area contributed by atoms with Crippen molar-refractivity contribution in [3.63, 3.8) is 0 Å². The average Bonchev–Trinajstić information content (AvgIpc) is 2.96. The predicted molar refractivity (Wildman–Crippen MR) is 143 cm³/mol. The van der Waals surface area contributed by atoms with Crippen molar-refractivity contribution in [2.24, 2.45) is 0 Å². The number of rotatable bonds is 8. The Kier molecular flexibility index (Phi) is 7.53. The molecule has 0 aromatic heterocycles. The van der Waals surface area contributed by atoms with Crippen LogP contribution < -0.4 is 0 Å². The third-order valence-electron chi connectivity index (χ3n) is 6.92. The molecule has 4 aromatic carbocycles. The molecule has 1 fully saturated rings. The molecule has 190 valence electrons. The summed E-state index contributed by atoms with van der Waals surface area (Å²) >= 11 is 0. The first-order valence-corrected chi connectivity index (χ1v) is 14.0. The molecule has 0 spiro atoms. The van der Waals surface area contributed by atoms with Gasteiger partial charge in [0.05, 0.1) is 35.6 Å². The SMILES string of the molecule is O=S(=O)(c1ccccc1)C1CC(COC(c2ccccc2)(c2ccccc2)c2ccccc2)OCC1O. The molecule has 0 radical (unpaired) electrons. The summed E-state index contributed by atoms with van der Waals surface area (Å²) in [5.41, 5.74) is 1.93. The monoisotopic (exact) mass is 514 g/mol. The molecule has 37 heavy (non-hydrogen) atoms. The quantitative estimate of drug-likeness (QED) is 0.336. The van der Waals surface area contributed by atoms with Gasteiger partial charge >= 0.3 is 0 Å². The smallest absolute Gasteiger partial charge is 0.183 e. The van der Waals surface area contributed by atoms with Crippen molar-refractivity contribution in [2.45, 2.75) is 34.4 Å². The fourth-order valence-corrected chi connectivity index (χ4v) is 6.89. The van der Waals surface area contributed by atoms with E-state index in [1.54, 1.807) is 30.3 Å². The van der Waals surface area contributed by atoms with Crippen LogP contribution in [0.25, 0.3) is 0 Å². The Morgan fingerprint density at radius 2 is 1.16 bits per heavy atom. The van der Waals surface area contributed by atoms with Crippen molar-refractivity contribution < 1.29 is 23.0 Å². The molecule has 0 aliphatic carbocycles. The Morgan fingerprint density at radius 3 is 1.62 bits per heavy atom. The summed E-state index contributed by atoms with van der Waals surface area (Å²) in [5, 5.41) is 9.63. The molecule has 5 rings (SSSR count). The summed E-state index contributed by atoms with van der Waals surface area (Å²) < 4.78 is 39.4. The number of aliphatic hydroxyl groups excluding tert-OH is 1. The second-order valence-electron chi connectivity index (χ2n) is 9.25. The summed E-state index contributed by atoms with van der Waals surface area (Å²) in [7, 11) is -3.74. The molecule has 4 aromatic rings. The van der Waals surface area contributed by atoms with Crippen LogP contribution in [0.2, 0.25) is 0 Å². The van der Waals surface area contributed by atoms with E-state index in [1.807, 2.05) is 91.0 Å². The van der Waals surface area contributed by atoms with E-state index in [4.69, 9.17) is 9.47 Å². The third kappa shape index (κ3) is 5.11. The molecular weight excluding hydrogens is 484 g/mol. The van der Waals surface area contributed by atoms with E-state index in [0.717, 1.165) is 16.7 Å². The van der Waals surface area contributed by atoms with Crippen LogP contribution in [0.15, 0.2) is 126 Å². The van der Waals surface area contributed by atoms with E-state index in [2.05, 4.69) is 0 Å². The zero-order chi connectivity index (χ0) is 25.7. The Hall–Kier alpha value is -3.29. The molecule has 1 aliphatic heterocycles. The first-order valence-electron chi connectivity index (χ1n) is 12.4. The summed E-state index contributed by atoms with van der Waals surface area (Å²) in [6, 6.07) is 38.3. The van der Waals surface area contributed by atoms with Crippen LogP contribution in [0.5, 0.6) is 0 Å². The topological polar surface area (TPSA) is 72.8 Å². The van der Waals surface area contributed by atoms with Crippen LogP contribution in [0.3, 0.4) is 0 Å². The van der Waals surface area contributed by atoms with Crippen molar-refractivity contribution in [1.82, 2.24) is 0 Å². The molecule has 3 unspecified atom stereocenters. The van der Waals surface area contributed by atoms with Gasteiger partial charge in [-0.25, -0.2) is 8.42 Å². The molecule has 0 bridgehead atoms. The maximum Gasteiger partial charge on any atom is 0.183 e. The van der Waals surface area contributed by atoms with Gasteiger partial charge in [-0.05, 0) is 35.2 Å². The summed E-state index contributed by atoms with van der Waals surface area (Å²) in [6.45, 7) is 0.0754. The van der Waals surface area contributed by atoms with Crippen molar-refractivity contribution in [3.8, 4) is 0 Å². The van der Waals surface area contributed by atoms with Crippen LogP contribution in [0.1, 0.15) is 23.1 Å². The van der Waals surface area contributed by atoms with Crippen molar-refractivity contribution >= 4 is 9.84 Å². The lowest BCUT2D eigenvalue weighted by molar-refractivity contribution is -0.107. The molecule has 1 N–H and O–H groups in total. The zero-order valence-electron chi connectivity index (χ0n) is 20.4. The average molecular weight is 515 g/mol. The Balaban J connectivity index is 1.49. The number of hydrogen-bond donors (Lipinski definition) is 1. The highest BCUT2D eigenvalue weighted by Crippen LogP contribution is 2.41. The van der Waals surface area contributed by atoms with Crippen molar-refractivity contribution in [2.75, 3.05) is 13.2 Å². The van der Waals surface area contributed by atoms with Gasteiger partial charge in [-0.2, -0.15) is 0 Å². The lowest BCUT2D eigenvalue weighted by Gasteiger charge is -2.39. The second kappa shape index (κ2) is 11.0. The molecule has 6 heteroatoms. The maximum atomic E-state index is 13.4. The molecule has 0 amide bonds. The Bertz CT molecular complexity index is 1280. The van der Waals surface area contributed by atoms with Crippen molar-refractivity contribution in [3.05, 3.63) is 138 Å². The van der Waals surface area contributed by atoms with E-state index in [-0.39, 0.29) is 24.5 Å². The first kappa shape index (κ1) is 25.4. The fourth-order valence-electron chi connectivity index (χ4n) is 5.05. The van der Waals surface area contributed by atoms with Crippen LogP contribution in [-0.4, -0.2) is 44.2 Å². The minimum absolute atomic E-state index is 0.0697. The van der Waals surface area contributed by atoms with Crippen LogP contribution in [-0.2, 0) is 24.9 Å². The molecular formula is C31H30O5S. The van der Waals surface area contributed by atoms with E-state index in [0.29, 0.717) is 0 Å². The second-order valence-corrected chi connectivity index (χ2v) is 11.4. The number of aliphatic hydroxyl groups is 1. The molecule has 0 saturated carbocycles. The number of hydrogen-bond acceptors (Lipinski definition) is 5. The fraction of sp³-hybridized carbons (Fsp3) is 0.226. The maximum absolute atomic E-state index is 13.4. The van der Waals surface area contributed by atoms with E-state index in [9.17, 15) is 13.5 Å². The third-order valence-corrected chi connectivity index (χ3v) is 9.16. The minimum Gasteiger partial charge on any atom is -0.389 e. The normalized spacial score (nSPS) is 20.4. The van der Waals surface area contributed by atoms with E-state index < -0.39 is 32.9 Å². The van der Waals surface area contributed by atoms with Gasteiger partial charge in [-0.1, -0.05) is 109 Å². The lowest BCUT2D eigenvalue weighted by atomic mass is 9.80. The molecule has 1 aliphatic rings. The number of benzene rings is 4. The summed E-state index contributed by atoms with van der Waals surface area (Å²) in [6.07, 6.45) is -1.49. The van der Waals surface area contributed by atoms with Gasteiger partial charge in [0, 0.05) is 0 Å². The lowest BCUT2D eigenvalue weighted by Crippen LogP contribution is -2.48. The number of ether oxygens (including phenoxy) is 2. The first-order chi connectivity index (χ1) is 18.0. The van der Waals surface area contributed by atoms with Crippen LogP contribution >= 0.6 is 0 Å². The van der Waals surface area contributed by atoms with Gasteiger partial charge in [0.25, 0.3) is 0 Å². The highest BCUT2D eigenvalue weighted by Gasteiger charge is 2.42. The van der Waals surface area contributed by atoms with Gasteiger partial charge < -0.3 is 14.6 Å². The largest absolute Gasteiger partial charge is 0.389 e. The highest BCUT2D eigenvalue weighted by molar-refractivity contribution is 7.92. The van der Waals surface area contributed by atoms with E-state index in [1.165, 1.54) is 0 Å². The highest BCUT2D eigenvalue weighted by atomic mass is 32.2. The molecule has 5 nitrogen and oxygen atoms in total. The molecule has 1 saturated heterocycles. The Labute approximate surface area is 218 Å². The standard InChI is InChI=1S/C31H30O5S/c32-29-23-35-27(21-30(29)37(33,34)28-19-11-4-12-20-28)22-36-31(24-13-5-1-6-14-24,25-15-7-2-8-16-25)26-17-9-3-10-18-26/h1-20,27,29-30,32H,21-23H2. The summed E-state index contributed by atoms with van der Waals surface area (Å²) in [4.78, 5) is 0.202.